The van der Waals surface area contributed by atoms with Crippen LogP contribution in [-0.2, 0) is 9.59 Å². The minimum absolute atomic E-state index is 0.154. The van der Waals surface area contributed by atoms with E-state index in [0.29, 0.717) is 11.4 Å². The molecular formula is C18H13N3O4. The Morgan fingerprint density at radius 3 is 2.20 bits per heavy atom. The van der Waals surface area contributed by atoms with Crippen molar-refractivity contribution in [1.82, 2.24) is 4.90 Å². The summed E-state index contributed by atoms with van der Waals surface area (Å²) < 4.78 is 0. The molecule has 124 valence electrons. The summed E-state index contributed by atoms with van der Waals surface area (Å²) in [6, 6.07) is 13.3. The zero-order valence-corrected chi connectivity index (χ0v) is 13.1. The van der Waals surface area contributed by atoms with Crippen molar-refractivity contribution in [3.8, 4) is 0 Å². The summed E-state index contributed by atoms with van der Waals surface area (Å²) in [5.74, 6) is -1.81. The summed E-state index contributed by atoms with van der Waals surface area (Å²) in [5, 5.41) is 2.69. The van der Waals surface area contributed by atoms with Gasteiger partial charge < -0.3 is 5.32 Å². The first-order valence-corrected chi connectivity index (χ1v) is 7.71. The molecule has 0 spiro atoms. The van der Waals surface area contributed by atoms with Crippen molar-refractivity contribution in [2.24, 2.45) is 0 Å². The largest absolute Gasteiger partial charge is 0.323 e. The zero-order chi connectivity index (χ0) is 17.6. The maximum atomic E-state index is 12.7. The Balaban J connectivity index is 1.61. The van der Waals surface area contributed by atoms with Crippen molar-refractivity contribution in [3.05, 3.63) is 59.7 Å². The van der Waals surface area contributed by atoms with Gasteiger partial charge in [-0.15, -0.1) is 0 Å². The van der Waals surface area contributed by atoms with Gasteiger partial charge in [0, 0.05) is 0 Å². The summed E-state index contributed by atoms with van der Waals surface area (Å²) in [6.07, 6.45) is 0. The smallest absolute Gasteiger partial charge is 0.262 e. The van der Waals surface area contributed by atoms with Gasteiger partial charge in [-0.1, -0.05) is 24.3 Å². The maximum absolute atomic E-state index is 12.7. The summed E-state index contributed by atoms with van der Waals surface area (Å²) in [5.41, 5.74) is 1.65. The normalized spacial score (nSPS) is 15.8. The van der Waals surface area contributed by atoms with Gasteiger partial charge in [-0.25, -0.2) is 0 Å². The van der Waals surface area contributed by atoms with Crippen LogP contribution in [0.1, 0.15) is 20.7 Å². The highest BCUT2D eigenvalue weighted by Crippen LogP contribution is 2.29. The third-order valence-electron chi connectivity index (χ3n) is 4.24. The van der Waals surface area contributed by atoms with Crippen LogP contribution in [0.3, 0.4) is 0 Å². The molecule has 0 saturated carbocycles. The van der Waals surface area contributed by atoms with Crippen molar-refractivity contribution >= 4 is 35.0 Å². The van der Waals surface area contributed by atoms with Gasteiger partial charge in [-0.3, -0.25) is 29.0 Å². The van der Waals surface area contributed by atoms with Crippen LogP contribution < -0.4 is 10.2 Å². The van der Waals surface area contributed by atoms with E-state index in [9.17, 15) is 19.2 Å². The van der Waals surface area contributed by atoms with E-state index in [1.165, 1.54) is 4.90 Å². The molecule has 0 saturated heterocycles. The van der Waals surface area contributed by atoms with Crippen molar-refractivity contribution in [3.63, 3.8) is 0 Å². The number of hydrogen-bond acceptors (Lipinski definition) is 4. The quantitative estimate of drug-likeness (QED) is 0.837. The molecule has 0 fully saturated rings. The highest BCUT2D eigenvalue weighted by molar-refractivity contribution is 6.23. The molecule has 7 heteroatoms. The van der Waals surface area contributed by atoms with Gasteiger partial charge in [0.15, 0.2) is 0 Å². The number of imide groups is 1. The molecule has 2 aromatic carbocycles. The standard InChI is InChI=1S/C18H13N3O4/c22-15-9-20(14-8-4-3-7-13(14)19-15)16(23)10-21-17(24)11-5-1-2-6-12(11)18(21)25/h1-8H,9-10H2,(H,19,22). The first-order valence-electron chi connectivity index (χ1n) is 7.71. The summed E-state index contributed by atoms with van der Waals surface area (Å²) in [6.45, 7) is -0.563. The van der Waals surface area contributed by atoms with Crippen LogP contribution >= 0.6 is 0 Å². The fourth-order valence-corrected chi connectivity index (χ4v) is 3.06. The number of nitrogens with zero attached hydrogens (tertiary/aromatic N) is 2. The Morgan fingerprint density at radius 2 is 1.52 bits per heavy atom. The molecule has 2 heterocycles. The lowest BCUT2D eigenvalue weighted by Crippen LogP contribution is -2.47. The van der Waals surface area contributed by atoms with E-state index >= 15 is 0 Å². The molecule has 0 bridgehead atoms. The molecule has 0 aromatic heterocycles. The molecule has 1 N–H and O–H groups in total. The van der Waals surface area contributed by atoms with Crippen LogP contribution in [0.5, 0.6) is 0 Å². The van der Waals surface area contributed by atoms with E-state index in [-0.39, 0.29) is 23.6 Å². The van der Waals surface area contributed by atoms with Crippen molar-refractivity contribution < 1.29 is 19.2 Å². The highest BCUT2D eigenvalue weighted by Gasteiger charge is 2.38. The van der Waals surface area contributed by atoms with Crippen molar-refractivity contribution in [1.29, 1.82) is 0 Å². The number of hydrogen-bond donors (Lipinski definition) is 1. The second-order valence-corrected chi connectivity index (χ2v) is 5.79. The van der Waals surface area contributed by atoms with Gasteiger partial charge in [0.1, 0.15) is 13.1 Å². The van der Waals surface area contributed by atoms with Gasteiger partial charge in [-0.05, 0) is 24.3 Å². The van der Waals surface area contributed by atoms with Crippen molar-refractivity contribution in [2.75, 3.05) is 23.3 Å². The summed E-state index contributed by atoms with van der Waals surface area (Å²) in [4.78, 5) is 51.5. The van der Waals surface area contributed by atoms with Crippen LogP contribution in [0, 0.1) is 0 Å². The van der Waals surface area contributed by atoms with Gasteiger partial charge in [0.25, 0.3) is 11.8 Å². The Hall–Kier alpha value is -3.48. The minimum Gasteiger partial charge on any atom is -0.323 e. The number of amides is 4. The second kappa shape index (κ2) is 5.55. The number of fused-ring (bicyclic) bond motifs is 2. The Kier molecular flexibility index (Phi) is 3.35. The Labute approximate surface area is 142 Å². The number of anilines is 2. The number of rotatable bonds is 2. The highest BCUT2D eigenvalue weighted by atomic mass is 16.2. The molecule has 0 atom stereocenters. The van der Waals surface area contributed by atoms with Gasteiger partial charge in [0.05, 0.1) is 22.5 Å². The molecule has 2 aliphatic heterocycles. The minimum atomic E-state index is -0.497. The average Bonchev–Trinajstić information content (AvgIpc) is 2.86. The van der Waals surface area contributed by atoms with E-state index in [1.54, 1.807) is 48.5 Å². The second-order valence-electron chi connectivity index (χ2n) is 5.79. The van der Waals surface area contributed by atoms with Crippen LogP contribution in [0.2, 0.25) is 0 Å². The van der Waals surface area contributed by atoms with E-state index in [0.717, 1.165) is 4.90 Å². The monoisotopic (exact) mass is 335 g/mol. The molecular weight excluding hydrogens is 322 g/mol. The van der Waals surface area contributed by atoms with Gasteiger partial charge in [-0.2, -0.15) is 0 Å². The summed E-state index contributed by atoms with van der Waals surface area (Å²) in [7, 11) is 0. The molecule has 2 aromatic rings. The molecule has 0 aliphatic carbocycles. The first kappa shape index (κ1) is 15.1. The molecule has 7 nitrogen and oxygen atoms in total. The van der Waals surface area contributed by atoms with Crippen LogP contribution in [-0.4, -0.2) is 41.6 Å². The lowest BCUT2D eigenvalue weighted by atomic mass is 10.1. The number of para-hydroxylation sites is 2. The number of benzene rings is 2. The molecule has 0 radical (unpaired) electrons. The zero-order valence-electron chi connectivity index (χ0n) is 13.1. The maximum Gasteiger partial charge on any atom is 0.262 e. The number of nitrogens with one attached hydrogen (secondary N) is 1. The van der Waals surface area contributed by atoms with E-state index < -0.39 is 24.3 Å². The third-order valence-corrected chi connectivity index (χ3v) is 4.24. The van der Waals surface area contributed by atoms with Crippen LogP contribution in [0.15, 0.2) is 48.5 Å². The molecule has 4 rings (SSSR count). The fraction of sp³-hybridized carbons (Fsp3) is 0.111. The van der Waals surface area contributed by atoms with Gasteiger partial charge >= 0.3 is 0 Å². The lowest BCUT2D eigenvalue weighted by Gasteiger charge is -2.30. The lowest BCUT2D eigenvalue weighted by molar-refractivity contribution is -0.122. The topological polar surface area (TPSA) is 86.8 Å². The summed E-state index contributed by atoms with van der Waals surface area (Å²) >= 11 is 0. The average molecular weight is 335 g/mol. The molecule has 4 amide bonds. The van der Waals surface area contributed by atoms with Crippen LogP contribution in [0.25, 0.3) is 0 Å². The fourth-order valence-electron chi connectivity index (χ4n) is 3.06. The number of carbonyl (C=O) groups excluding carboxylic acids is 4. The Bertz CT molecular complexity index is 902. The molecule has 25 heavy (non-hydrogen) atoms. The first-order chi connectivity index (χ1) is 12.1. The predicted molar refractivity (Wildman–Crippen MR) is 89.2 cm³/mol. The predicted octanol–water partition coefficient (Wildman–Crippen LogP) is 1.27. The third kappa shape index (κ3) is 2.37. The van der Waals surface area contributed by atoms with E-state index in [2.05, 4.69) is 5.32 Å². The van der Waals surface area contributed by atoms with E-state index in [4.69, 9.17) is 0 Å². The van der Waals surface area contributed by atoms with Crippen molar-refractivity contribution in [2.45, 2.75) is 0 Å². The molecule has 2 aliphatic rings. The molecule has 0 unspecified atom stereocenters. The van der Waals surface area contributed by atoms with E-state index in [1.807, 2.05) is 0 Å². The SMILES string of the molecule is O=C1CN(C(=O)CN2C(=O)c3ccccc3C2=O)c2ccccc2N1. The number of carbonyl (C=O) groups is 4. The van der Waals surface area contributed by atoms with Crippen LogP contribution in [0.4, 0.5) is 11.4 Å². The van der Waals surface area contributed by atoms with Gasteiger partial charge in [0.2, 0.25) is 11.8 Å². The Morgan fingerprint density at radius 1 is 0.920 bits per heavy atom.